The number of amides is 1. The Kier molecular flexibility index (Phi) is 4.07. The minimum atomic E-state index is -0.210. The Morgan fingerprint density at radius 2 is 2.33 bits per heavy atom. The van der Waals surface area contributed by atoms with Gasteiger partial charge in [-0.05, 0) is 32.0 Å². The average Bonchev–Trinajstić information content (AvgIpc) is 2.89. The molecule has 6 heteroatoms. The molecule has 1 aromatic heterocycles. The molecule has 0 radical (unpaired) electrons. The number of carbonyl (C=O) groups excluding carboxylic acids is 1. The highest BCUT2D eigenvalue weighted by atomic mass is 16.6. The standard InChI is InChI=1S/C15H21N3O3/c1-16-14(19)13-8-11(2-5-18-13)21-12-9-15(20-10-12)3-6-17-7-4-15/h2,5,8,12,17H,3-4,6-7,9-10H2,1H3,(H,16,19). The molecule has 2 aliphatic rings. The zero-order valence-corrected chi connectivity index (χ0v) is 12.2. The molecular weight excluding hydrogens is 270 g/mol. The summed E-state index contributed by atoms with van der Waals surface area (Å²) in [7, 11) is 1.59. The zero-order chi connectivity index (χ0) is 14.7. The molecule has 1 spiro atoms. The summed E-state index contributed by atoms with van der Waals surface area (Å²) in [5.74, 6) is 0.459. The fourth-order valence-electron chi connectivity index (χ4n) is 3.04. The highest BCUT2D eigenvalue weighted by Gasteiger charge is 2.42. The van der Waals surface area contributed by atoms with E-state index in [4.69, 9.17) is 9.47 Å². The van der Waals surface area contributed by atoms with Gasteiger partial charge in [-0.25, -0.2) is 0 Å². The summed E-state index contributed by atoms with van der Waals surface area (Å²) < 4.78 is 12.0. The quantitative estimate of drug-likeness (QED) is 0.859. The fraction of sp³-hybridized carbons (Fsp3) is 0.600. The predicted molar refractivity (Wildman–Crippen MR) is 77.4 cm³/mol. The number of rotatable bonds is 3. The van der Waals surface area contributed by atoms with Crippen LogP contribution in [0.2, 0.25) is 0 Å². The van der Waals surface area contributed by atoms with Gasteiger partial charge in [-0.1, -0.05) is 0 Å². The number of pyridine rings is 1. The van der Waals surface area contributed by atoms with Gasteiger partial charge in [0.05, 0.1) is 12.2 Å². The molecule has 0 bridgehead atoms. The summed E-state index contributed by atoms with van der Waals surface area (Å²) in [4.78, 5) is 15.6. The number of aromatic nitrogens is 1. The topological polar surface area (TPSA) is 72.5 Å². The van der Waals surface area contributed by atoms with Gasteiger partial charge in [-0.15, -0.1) is 0 Å². The lowest BCUT2D eigenvalue weighted by Crippen LogP contribution is -2.41. The minimum Gasteiger partial charge on any atom is -0.488 e. The molecule has 1 atom stereocenters. The van der Waals surface area contributed by atoms with Crippen LogP contribution in [0.1, 0.15) is 29.8 Å². The van der Waals surface area contributed by atoms with Crippen LogP contribution in [0.15, 0.2) is 18.3 Å². The van der Waals surface area contributed by atoms with Crippen molar-refractivity contribution in [2.75, 3.05) is 26.7 Å². The maximum Gasteiger partial charge on any atom is 0.269 e. The summed E-state index contributed by atoms with van der Waals surface area (Å²) in [6.07, 6.45) is 4.62. The van der Waals surface area contributed by atoms with Gasteiger partial charge in [0.15, 0.2) is 0 Å². The zero-order valence-electron chi connectivity index (χ0n) is 12.2. The second-order valence-corrected chi connectivity index (χ2v) is 5.64. The molecule has 2 aliphatic heterocycles. The number of nitrogens with zero attached hydrogens (tertiary/aromatic N) is 1. The van der Waals surface area contributed by atoms with Crippen LogP contribution in [0.5, 0.6) is 5.75 Å². The molecule has 0 aromatic carbocycles. The van der Waals surface area contributed by atoms with E-state index < -0.39 is 0 Å². The van der Waals surface area contributed by atoms with E-state index in [1.54, 1.807) is 25.4 Å². The molecule has 1 aromatic rings. The van der Waals surface area contributed by atoms with Crippen molar-refractivity contribution >= 4 is 5.91 Å². The molecule has 0 saturated carbocycles. The number of carbonyl (C=O) groups is 1. The van der Waals surface area contributed by atoms with Gasteiger partial charge in [0, 0.05) is 25.7 Å². The van der Waals surface area contributed by atoms with Crippen LogP contribution >= 0.6 is 0 Å². The van der Waals surface area contributed by atoms with Crippen LogP contribution in [0.25, 0.3) is 0 Å². The van der Waals surface area contributed by atoms with Crippen molar-refractivity contribution in [3.05, 3.63) is 24.0 Å². The average molecular weight is 291 g/mol. The molecule has 2 saturated heterocycles. The van der Waals surface area contributed by atoms with Crippen molar-refractivity contribution in [3.8, 4) is 5.75 Å². The molecule has 3 heterocycles. The van der Waals surface area contributed by atoms with Crippen molar-refractivity contribution in [2.45, 2.75) is 31.0 Å². The number of hydrogen-bond donors (Lipinski definition) is 2. The lowest BCUT2D eigenvalue weighted by Gasteiger charge is -2.32. The highest BCUT2D eigenvalue weighted by Crippen LogP contribution is 2.35. The van der Waals surface area contributed by atoms with E-state index >= 15 is 0 Å². The Morgan fingerprint density at radius 1 is 1.52 bits per heavy atom. The molecule has 3 rings (SSSR count). The van der Waals surface area contributed by atoms with Crippen LogP contribution in [0.3, 0.4) is 0 Å². The number of nitrogens with one attached hydrogen (secondary N) is 2. The summed E-state index contributed by atoms with van der Waals surface area (Å²) >= 11 is 0. The Morgan fingerprint density at radius 3 is 3.10 bits per heavy atom. The lowest BCUT2D eigenvalue weighted by atomic mass is 9.89. The molecule has 6 nitrogen and oxygen atoms in total. The Balaban J connectivity index is 1.63. The number of ether oxygens (including phenoxy) is 2. The maximum absolute atomic E-state index is 11.6. The first-order chi connectivity index (χ1) is 10.2. The third-order valence-electron chi connectivity index (χ3n) is 4.18. The number of hydrogen-bond acceptors (Lipinski definition) is 5. The third-order valence-corrected chi connectivity index (χ3v) is 4.18. The van der Waals surface area contributed by atoms with Crippen LogP contribution in [-0.2, 0) is 4.74 Å². The monoisotopic (exact) mass is 291 g/mol. The van der Waals surface area contributed by atoms with Crippen molar-refractivity contribution in [3.63, 3.8) is 0 Å². The predicted octanol–water partition coefficient (Wildman–Crippen LogP) is 0.731. The van der Waals surface area contributed by atoms with Gasteiger partial charge in [-0.2, -0.15) is 0 Å². The van der Waals surface area contributed by atoms with Crippen LogP contribution in [0.4, 0.5) is 0 Å². The second-order valence-electron chi connectivity index (χ2n) is 5.64. The van der Waals surface area contributed by atoms with Crippen LogP contribution in [0, 0.1) is 0 Å². The molecule has 114 valence electrons. The van der Waals surface area contributed by atoms with E-state index in [-0.39, 0.29) is 17.6 Å². The first kappa shape index (κ1) is 14.3. The maximum atomic E-state index is 11.6. The van der Waals surface area contributed by atoms with Crippen molar-refractivity contribution < 1.29 is 14.3 Å². The molecule has 0 aliphatic carbocycles. The molecule has 2 fully saturated rings. The molecule has 2 N–H and O–H groups in total. The van der Waals surface area contributed by atoms with E-state index in [0.717, 1.165) is 32.4 Å². The first-order valence-corrected chi connectivity index (χ1v) is 7.40. The molecule has 21 heavy (non-hydrogen) atoms. The van der Waals surface area contributed by atoms with Gasteiger partial charge in [0.1, 0.15) is 17.5 Å². The van der Waals surface area contributed by atoms with Gasteiger partial charge in [0.25, 0.3) is 5.91 Å². The molecular formula is C15H21N3O3. The number of piperidine rings is 1. The van der Waals surface area contributed by atoms with E-state index in [0.29, 0.717) is 18.1 Å². The van der Waals surface area contributed by atoms with E-state index in [1.807, 2.05) is 0 Å². The van der Waals surface area contributed by atoms with Crippen molar-refractivity contribution in [1.82, 2.24) is 15.6 Å². The molecule has 1 unspecified atom stereocenters. The van der Waals surface area contributed by atoms with Crippen molar-refractivity contribution in [2.24, 2.45) is 0 Å². The van der Waals surface area contributed by atoms with E-state index in [1.165, 1.54) is 0 Å². The highest BCUT2D eigenvalue weighted by molar-refractivity contribution is 5.92. The normalized spacial score (nSPS) is 24.0. The van der Waals surface area contributed by atoms with E-state index in [2.05, 4.69) is 15.6 Å². The third kappa shape index (κ3) is 3.16. The summed E-state index contributed by atoms with van der Waals surface area (Å²) in [6, 6.07) is 3.45. The SMILES string of the molecule is CNC(=O)c1cc(OC2COC3(CCNCC3)C2)ccn1. The Bertz CT molecular complexity index is 515. The van der Waals surface area contributed by atoms with Crippen LogP contribution in [-0.4, -0.2) is 49.3 Å². The van der Waals surface area contributed by atoms with Gasteiger partial charge >= 0.3 is 0 Å². The Labute approximate surface area is 124 Å². The molecule has 1 amide bonds. The largest absolute Gasteiger partial charge is 0.488 e. The second kappa shape index (κ2) is 5.99. The summed E-state index contributed by atoms with van der Waals surface area (Å²) in [5, 5.41) is 5.91. The smallest absolute Gasteiger partial charge is 0.269 e. The lowest BCUT2D eigenvalue weighted by molar-refractivity contribution is -0.0205. The summed E-state index contributed by atoms with van der Waals surface area (Å²) in [6.45, 7) is 2.61. The first-order valence-electron chi connectivity index (χ1n) is 7.40. The summed E-state index contributed by atoms with van der Waals surface area (Å²) in [5.41, 5.74) is 0.345. The van der Waals surface area contributed by atoms with Crippen molar-refractivity contribution in [1.29, 1.82) is 0 Å². The van der Waals surface area contributed by atoms with Crippen LogP contribution < -0.4 is 15.4 Å². The van der Waals surface area contributed by atoms with Gasteiger partial charge < -0.3 is 20.1 Å². The van der Waals surface area contributed by atoms with Gasteiger partial charge in [-0.3, -0.25) is 9.78 Å². The van der Waals surface area contributed by atoms with E-state index in [9.17, 15) is 4.79 Å². The Hall–Kier alpha value is -1.66. The minimum absolute atomic E-state index is 0.0213. The van der Waals surface area contributed by atoms with Gasteiger partial charge in [0.2, 0.25) is 0 Å². The fourth-order valence-corrected chi connectivity index (χ4v) is 3.04.